The predicted molar refractivity (Wildman–Crippen MR) is 32.6 cm³/mol. The maximum absolute atomic E-state index is 10.8. The van der Waals surface area contributed by atoms with Gasteiger partial charge in [-0.3, -0.25) is 4.79 Å². The van der Waals surface area contributed by atoms with Gasteiger partial charge in [-0.1, -0.05) is 0 Å². The third kappa shape index (κ3) is 2.66. The number of aliphatic hydroxyl groups excluding tert-OH is 3. The average molecular weight is 214 g/mol. The second-order valence-corrected chi connectivity index (χ2v) is 2.29. The van der Waals surface area contributed by atoms with Gasteiger partial charge in [0.25, 0.3) is 0 Å². The van der Waals surface area contributed by atoms with Gasteiger partial charge in [0.1, 0.15) is 6.10 Å². The molecule has 1 aliphatic rings. The van der Waals surface area contributed by atoms with E-state index in [1.54, 1.807) is 0 Å². The fraction of sp³-hybridized carbons (Fsp3) is 0.500. The number of ether oxygens (including phenoxy) is 1. The van der Waals surface area contributed by atoms with Crippen molar-refractivity contribution in [2.75, 3.05) is 6.61 Å². The van der Waals surface area contributed by atoms with Gasteiger partial charge in [-0.15, -0.1) is 0 Å². The number of carbonyl (C=O) groups excluding carboxylic acids is 1. The first kappa shape index (κ1) is 13.4. The number of hydrogen-bond donors (Lipinski definition) is 3. The SMILES string of the molecule is O=C1C(O)=C([O-])OC1[C@@H](O)CO.[K+]. The summed E-state index contributed by atoms with van der Waals surface area (Å²) in [5, 5.41) is 36.5. The molecule has 1 aliphatic heterocycles. The van der Waals surface area contributed by atoms with Gasteiger partial charge >= 0.3 is 51.4 Å². The molecular weight excluding hydrogens is 207 g/mol. The number of Topliss-reactive ketones (excluding diaryl/α,β-unsaturated/α-hetero) is 1. The minimum Gasteiger partial charge on any atom is -0.596 e. The molecule has 6 nitrogen and oxygen atoms in total. The van der Waals surface area contributed by atoms with Crippen LogP contribution in [0.2, 0.25) is 0 Å². The summed E-state index contributed by atoms with van der Waals surface area (Å²) in [6.45, 7) is -0.711. The van der Waals surface area contributed by atoms with E-state index < -0.39 is 36.3 Å². The number of hydrogen-bond acceptors (Lipinski definition) is 6. The Bertz CT molecular complexity index is 237. The van der Waals surface area contributed by atoms with E-state index >= 15 is 0 Å². The fourth-order valence-electron chi connectivity index (χ4n) is 0.809. The largest absolute Gasteiger partial charge is 1.00 e. The maximum atomic E-state index is 10.8. The average Bonchev–Trinajstić information content (AvgIpc) is 2.32. The topological polar surface area (TPSA) is 110 Å². The molecule has 0 saturated carbocycles. The van der Waals surface area contributed by atoms with E-state index in [-0.39, 0.29) is 51.4 Å². The van der Waals surface area contributed by atoms with Crippen LogP contribution in [0.25, 0.3) is 0 Å². The van der Waals surface area contributed by atoms with Crippen LogP contribution in [-0.2, 0) is 9.53 Å². The van der Waals surface area contributed by atoms with Crippen molar-refractivity contribution in [1.29, 1.82) is 0 Å². The van der Waals surface area contributed by atoms with Crippen LogP contribution in [0.5, 0.6) is 0 Å². The van der Waals surface area contributed by atoms with Crippen molar-refractivity contribution in [2.45, 2.75) is 12.2 Å². The van der Waals surface area contributed by atoms with Gasteiger partial charge < -0.3 is 25.2 Å². The molecule has 0 bridgehead atoms. The summed E-state index contributed by atoms with van der Waals surface area (Å²) in [6, 6.07) is 0. The van der Waals surface area contributed by atoms with Crippen molar-refractivity contribution in [3.8, 4) is 0 Å². The van der Waals surface area contributed by atoms with Crippen molar-refractivity contribution in [3.05, 3.63) is 11.7 Å². The van der Waals surface area contributed by atoms with Gasteiger partial charge in [-0.2, -0.15) is 0 Å². The van der Waals surface area contributed by atoms with Crippen molar-refractivity contribution in [2.24, 2.45) is 0 Å². The summed E-state index contributed by atoms with van der Waals surface area (Å²) in [4.78, 5) is 10.8. The molecule has 0 fully saturated rings. The van der Waals surface area contributed by atoms with Gasteiger partial charge in [0, 0.05) is 0 Å². The van der Waals surface area contributed by atoms with Gasteiger partial charge in [-0.25, -0.2) is 0 Å². The summed E-state index contributed by atoms with van der Waals surface area (Å²) in [7, 11) is 0. The summed E-state index contributed by atoms with van der Waals surface area (Å²) in [5.74, 6) is -3.20. The zero-order valence-corrected chi connectivity index (χ0v) is 10.1. The smallest absolute Gasteiger partial charge is 0.596 e. The van der Waals surface area contributed by atoms with E-state index in [0.29, 0.717) is 0 Å². The van der Waals surface area contributed by atoms with E-state index in [1.807, 2.05) is 0 Å². The molecular formula is C6H7KO6. The molecule has 0 aromatic rings. The fourth-order valence-corrected chi connectivity index (χ4v) is 0.809. The Morgan fingerprint density at radius 3 is 2.46 bits per heavy atom. The standard InChI is InChI=1S/C6H8O6.K/c7-1-2(8)5-3(9)4(10)6(11)12-5;/h2,5,7-8,10-11H,1H2;/q;+1/p-1/t2-,5?;/m0./s1. The minimum absolute atomic E-state index is 0. The molecule has 13 heavy (non-hydrogen) atoms. The van der Waals surface area contributed by atoms with Crippen LogP contribution in [0.4, 0.5) is 0 Å². The molecule has 1 rings (SSSR count). The second kappa shape index (κ2) is 5.30. The van der Waals surface area contributed by atoms with Crippen LogP contribution in [0.3, 0.4) is 0 Å². The molecule has 0 saturated heterocycles. The van der Waals surface area contributed by atoms with E-state index in [0.717, 1.165) is 0 Å². The summed E-state index contributed by atoms with van der Waals surface area (Å²) in [5.41, 5.74) is 0. The maximum Gasteiger partial charge on any atom is 1.00 e. The Morgan fingerprint density at radius 1 is 1.62 bits per heavy atom. The molecule has 7 heteroatoms. The first-order valence-electron chi connectivity index (χ1n) is 3.18. The van der Waals surface area contributed by atoms with Crippen LogP contribution >= 0.6 is 0 Å². The molecule has 2 atom stereocenters. The molecule has 0 aromatic heterocycles. The number of rotatable bonds is 2. The molecule has 1 heterocycles. The monoisotopic (exact) mass is 214 g/mol. The third-order valence-electron chi connectivity index (χ3n) is 1.46. The van der Waals surface area contributed by atoms with Crippen LogP contribution in [-0.4, -0.2) is 39.9 Å². The molecule has 0 spiro atoms. The predicted octanol–water partition coefficient (Wildman–Crippen LogP) is -5.60. The Hall–Kier alpha value is 0.366. The first-order chi connectivity index (χ1) is 5.57. The number of aliphatic hydroxyl groups is 3. The molecule has 0 amide bonds. The van der Waals surface area contributed by atoms with Crippen molar-refractivity contribution >= 4 is 5.78 Å². The Labute approximate surface area is 116 Å². The first-order valence-corrected chi connectivity index (χ1v) is 3.18. The summed E-state index contributed by atoms with van der Waals surface area (Å²) in [6.07, 6.45) is -2.95. The molecule has 0 aliphatic carbocycles. The quantitative estimate of drug-likeness (QED) is 0.395. The van der Waals surface area contributed by atoms with Crippen LogP contribution < -0.4 is 56.5 Å². The van der Waals surface area contributed by atoms with E-state index in [1.165, 1.54) is 0 Å². The number of ketones is 1. The van der Waals surface area contributed by atoms with E-state index in [2.05, 4.69) is 4.74 Å². The van der Waals surface area contributed by atoms with Gasteiger partial charge in [0.2, 0.25) is 5.78 Å². The van der Waals surface area contributed by atoms with Gasteiger partial charge in [0.05, 0.1) is 18.7 Å². The Kier molecular flexibility index (Phi) is 5.45. The van der Waals surface area contributed by atoms with Gasteiger partial charge in [0.15, 0.2) is 5.76 Å². The Morgan fingerprint density at radius 2 is 2.15 bits per heavy atom. The van der Waals surface area contributed by atoms with Crippen LogP contribution in [0.15, 0.2) is 11.7 Å². The molecule has 0 aromatic carbocycles. The molecule has 0 radical (unpaired) electrons. The Balaban J connectivity index is 0.00000144. The van der Waals surface area contributed by atoms with Crippen LogP contribution in [0.1, 0.15) is 0 Å². The zero-order valence-electron chi connectivity index (χ0n) is 6.93. The third-order valence-corrected chi connectivity index (χ3v) is 1.46. The summed E-state index contributed by atoms with van der Waals surface area (Å²) < 4.78 is 4.25. The minimum atomic E-state index is -1.48. The van der Waals surface area contributed by atoms with Crippen molar-refractivity contribution in [1.82, 2.24) is 0 Å². The molecule has 1 unspecified atom stereocenters. The van der Waals surface area contributed by atoms with Crippen LogP contribution in [0, 0.1) is 0 Å². The number of carbonyl (C=O) groups is 1. The zero-order chi connectivity index (χ0) is 9.30. The molecule has 68 valence electrons. The van der Waals surface area contributed by atoms with E-state index in [4.69, 9.17) is 15.3 Å². The normalized spacial score (nSPS) is 23.8. The molecule has 3 N–H and O–H groups in total. The van der Waals surface area contributed by atoms with E-state index in [9.17, 15) is 9.90 Å². The second-order valence-electron chi connectivity index (χ2n) is 2.29. The van der Waals surface area contributed by atoms with Gasteiger partial charge in [-0.05, 0) is 0 Å². The van der Waals surface area contributed by atoms with Crippen molar-refractivity contribution < 1.29 is 81.3 Å². The van der Waals surface area contributed by atoms with Crippen molar-refractivity contribution in [3.63, 3.8) is 0 Å². The summed E-state index contributed by atoms with van der Waals surface area (Å²) >= 11 is 0.